The highest BCUT2D eigenvalue weighted by molar-refractivity contribution is 6.02. The summed E-state index contributed by atoms with van der Waals surface area (Å²) >= 11 is 0. The van der Waals surface area contributed by atoms with Crippen molar-refractivity contribution in [2.45, 2.75) is 283 Å². The maximum atomic E-state index is 14.7. The number of aliphatic carboxylic acids is 1. The number of aromatic amines is 2. The quantitative estimate of drug-likeness (QED) is 0.0104. The van der Waals surface area contributed by atoms with Crippen LogP contribution >= 0.6 is 0 Å². The van der Waals surface area contributed by atoms with Crippen LogP contribution in [0.5, 0.6) is 0 Å². The van der Waals surface area contributed by atoms with E-state index in [-0.39, 0.29) is 95.1 Å². The van der Waals surface area contributed by atoms with Crippen LogP contribution < -0.4 is 108 Å². The number of guanidine groups is 1. The van der Waals surface area contributed by atoms with Crippen molar-refractivity contribution in [2.24, 2.45) is 46.8 Å². The fraction of sp³-hybridized carbons (Fsp3) is 0.562. The fourth-order valence-electron chi connectivity index (χ4n) is 15.8. The number of aromatic nitrogens is 2. The van der Waals surface area contributed by atoms with Gasteiger partial charge in [0.1, 0.15) is 90.6 Å². The van der Waals surface area contributed by atoms with Crippen LogP contribution in [0.4, 0.5) is 0 Å². The number of aliphatic hydroxyl groups excluding tert-OH is 2. The zero-order valence-corrected chi connectivity index (χ0v) is 82.9. The molecule has 6 rings (SSSR count). The number of nitrogens with one attached hydrogen (secondary N) is 20. The maximum Gasteiger partial charge on any atom is 0.326 e. The molecule has 18 amide bonds. The third-order valence-electron chi connectivity index (χ3n) is 24.3. The summed E-state index contributed by atoms with van der Waals surface area (Å²) in [7, 11) is 0. The van der Waals surface area contributed by atoms with E-state index >= 15 is 0 Å². The van der Waals surface area contributed by atoms with Gasteiger partial charge in [-0.3, -0.25) is 91.7 Å². The average molecular weight is 1990 g/mol. The van der Waals surface area contributed by atoms with E-state index in [0.717, 1.165) is 6.92 Å². The molecule has 19 atom stereocenters. The van der Waals surface area contributed by atoms with Crippen molar-refractivity contribution in [3.63, 3.8) is 0 Å². The smallest absolute Gasteiger partial charge is 0.326 e. The summed E-state index contributed by atoms with van der Waals surface area (Å²) in [6.07, 6.45) is 1.46. The Kier molecular flexibility index (Phi) is 46.7. The van der Waals surface area contributed by atoms with Gasteiger partial charge in [-0.1, -0.05) is 149 Å². The minimum absolute atomic E-state index is 0.0209. The second-order valence-corrected chi connectivity index (χ2v) is 37.3. The van der Waals surface area contributed by atoms with Crippen molar-refractivity contribution in [3.8, 4) is 0 Å². The first-order chi connectivity index (χ1) is 67.1. The minimum Gasteiger partial charge on any atom is -0.480 e. The van der Waals surface area contributed by atoms with Gasteiger partial charge >= 0.3 is 5.97 Å². The lowest BCUT2D eigenvalue weighted by molar-refractivity contribution is -0.143. The number of nitrogens with zero attached hydrogens (tertiary/aromatic N) is 1. The lowest BCUT2D eigenvalue weighted by Gasteiger charge is -2.31. The molecule has 5 aromatic rings. The monoisotopic (exact) mass is 1990 g/mol. The van der Waals surface area contributed by atoms with E-state index in [1.165, 1.54) is 39.5 Å². The van der Waals surface area contributed by atoms with Gasteiger partial charge in [0, 0.05) is 73.0 Å². The number of carbonyl (C=O) groups excluding carboxylic acids is 18. The fourth-order valence-corrected chi connectivity index (χ4v) is 15.8. The van der Waals surface area contributed by atoms with Crippen LogP contribution in [0.1, 0.15) is 178 Å². The molecule has 0 radical (unpaired) electrons. The first-order valence-electron chi connectivity index (χ1n) is 47.9. The predicted octanol–water partition coefficient (Wildman–Crippen LogP) is -3.10. The van der Waals surface area contributed by atoms with E-state index in [2.05, 4.69) is 100 Å². The summed E-state index contributed by atoms with van der Waals surface area (Å²) in [5.41, 5.74) is 20.0. The Hall–Kier alpha value is -14.2. The normalized spacial score (nSPS) is 16.2. The van der Waals surface area contributed by atoms with Crippen LogP contribution in [-0.2, 0) is 110 Å². The first-order valence-corrected chi connectivity index (χ1v) is 47.9. The van der Waals surface area contributed by atoms with E-state index < -0.39 is 265 Å². The summed E-state index contributed by atoms with van der Waals surface area (Å²) in [6, 6.07) is 0.350. The molecule has 46 heteroatoms. The van der Waals surface area contributed by atoms with Gasteiger partial charge < -0.3 is 138 Å². The number of carboxylic acids is 1. The highest BCUT2D eigenvalue weighted by Gasteiger charge is 2.43. The number of carboxylic acid groups (broad SMARTS) is 1. The highest BCUT2D eigenvalue weighted by atomic mass is 16.4. The summed E-state index contributed by atoms with van der Waals surface area (Å²) in [5.74, 6) is -20.2. The molecule has 1 aliphatic heterocycles. The van der Waals surface area contributed by atoms with Gasteiger partial charge in [-0.05, 0) is 131 Å². The number of benzene rings is 3. The lowest BCUT2D eigenvalue weighted by Crippen LogP contribution is -2.63. The number of nitrogens with two attached hydrogens (primary N) is 3. The second kappa shape index (κ2) is 56.9. The summed E-state index contributed by atoms with van der Waals surface area (Å²) in [5, 5.41) is 83.9. The highest BCUT2D eigenvalue weighted by Crippen LogP contribution is 2.25. The molecular formula is C96H144N24O22. The number of primary amides is 1. The second-order valence-electron chi connectivity index (χ2n) is 37.3. The Morgan fingerprint density at radius 2 is 0.880 bits per heavy atom. The molecule has 2 aromatic heterocycles. The van der Waals surface area contributed by atoms with Crippen molar-refractivity contribution in [3.05, 3.63) is 108 Å². The lowest BCUT2D eigenvalue weighted by atomic mass is 9.96. The van der Waals surface area contributed by atoms with Crippen LogP contribution in [0.2, 0.25) is 0 Å². The largest absolute Gasteiger partial charge is 0.480 e. The number of para-hydroxylation sites is 2. The number of amides is 18. The molecule has 0 saturated carbocycles. The molecule has 46 nitrogen and oxygen atoms in total. The molecule has 0 bridgehead atoms. The zero-order valence-electron chi connectivity index (χ0n) is 82.9. The molecule has 3 aromatic carbocycles. The summed E-state index contributed by atoms with van der Waals surface area (Å²) in [4.78, 5) is 272. The van der Waals surface area contributed by atoms with Crippen molar-refractivity contribution in [2.75, 3.05) is 32.8 Å². The average Bonchev–Trinajstić information content (AvgIpc) is 1.75. The minimum atomic E-state index is -1.89. The Bertz CT molecular complexity index is 5220. The number of hydrogen-bond acceptors (Lipinski definition) is 23. The van der Waals surface area contributed by atoms with E-state index in [0.29, 0.717) is 44.9 Å². The molecule has 29 N–H and O–H groups in total. The van der Waals surface area contributed by atoms with Gasteiger partial charge in [-0.15, -0.1) is 0 Å². The van der Waals surface area contributed by atoms with Gasteiger partial charge in [-0.25, -0.2) is 4.79 Å². The Balaban J connectivity index is 1.05. The van der Waals surface area contributed by atoms with Gasteiger partial charge in [0.05, 0.1) is 31.8 Å². The number of likely N-dealkylation sites (tertiary alicyclic amines) is 1. The number of carbonyl (C=O) groups is 19. The first kappa shape index (κ1) is 117. The standard InChI is InChI=1S/C96H144N24O22/c1-15-51(9)77(118-87(133)68(41-58-43-102-62-30-22-20-28-60(58)62)108-75(125)46-104-83(129)66(38-48(3)4)112-85(131)67(111-80(126)53(11)97)40-57-26-18-17-19-27-57)90(136)105-45-74(124)106-54(12)82(128)117-78(52(10)16-2)92(138)116-76(50(7)8)91(137)115-71(47-121)88(134)119-79(56(14)122)93(139)107-55(13)81(127)114-70(39-49(5)6)94(140)120-37-25-33-72(120)89(135)109-64(34-35-73(98)123)84(130)113-69(42-59-44-103-63-31-23-21-29-61(59)63)86(132)110-65(95(141)142)32-24-36-101-96(99)100/h17-23,26-31,43-44,48-56,64-72,76-79,102-103,121-122H,15-16,24-25,32-42,45-47,97H2,1-14H3,(H2,98,123)(H,104,129)(H,105,136)(H,106,124)(H,107,139)(H,108,125)(H,109,135)(H,110,132)(H,111,126)(H,112,131)(H,113,130)(H,114,127)(H,115,137)(H,116,138)(H,117,128)(H,118,133)(H,119,134)(H,141,142)(H4,99,100,101)/t51-,52-,53-,54-,55-,56+,64-,65-,66-,67-,68-,69-,70-,71-,72-,76-,77-,78-,79-/m0/s1. The van der Waals surface area contributed by atoms with Crippen molar-refractivity contribution in [1.29, 1.82) is 5.41 Å². The van der Waals surface area contributed by atoms with Gasteiger partial charge in [0.2, 0.25) is 106 Å². The summed E-state index contributed by atoms with van der Waals surface area (Å²) < 4.78 is 0. The number of hydrogen-bond donors (Lipinski definition) is 26. The maximum absolute atomic E-state index is 14.7. The van der Waals surface area contributed by atoms with E-state index in [1.807, 2.05) is 13.8 Å². The van der Waals surface area contributed by atoms with Crippen LogP contribution in [0, 0.1) is 35.0 Å². The molecule has 142 heavy (non-hydrogen) atoms. The Morgan fingerprint density at radius 3 is 1.42 bits per heavy atom. The predicted molar refractivity (Wildman–Crippen MR) is 524 cm³/mol. The van der Waals surface area contributed by atoms with Gasteiger partial charge in [-0.2, -0.15) is 0 Å². The molecule has 0 unspecified atom stereocenters. The van der Waals surface area contributed by atoms with Crippen LogP contribution in [-0.4, -0.2) is 284 Å². The van der Waals surface area contributed by atoms with Crippen LogP contribution in [0.3, 0.4) is 0 Å². The van der Waals surface area contributed by atoms with Crippen molar-refractivity contribution < 1.29 is 106 Å². The number of fused-ring (bicyclic) bond motifs is 2. The Morgan fingerprint density at radius 1 is 0.444 bits per heavy atom. The third kappa shape index (κ3) is 36.5. The molecule has 1 saturated heterocycles. The number of aliphatic hydroxyl groups is 2. The van der Waals surface area contributed by atoms with E-state index in [9.17, 15) is 106 Å². The van der Waals surface area contributed by atoms with Gasteiger partial charge in [0.25, 0.3) is 0 Å². The number of H-pyrrole nitrogens is 2. The molecule has 0 spiro atoms. The van der Waals surface area contributed by atoms with Crippen molar-refractivity contribution >= 4 is 140 Å². The molecule has 3 heterocycles. The van der Waals surface area contributed by atoms with Crippen molar-refractivity contribution in [1.82, 2.24) is 105 Å². The Labute approximate surface area is 824 Å². The zero-order chi connectivity index (χ0) is 106. The number of rotatable bonds is 58. The molecule has 1 aliphatic rings. The topological polar surface area (TPSA) is 726 Å². The van der Waals surface area contributed by atoms with Crippen LogP contribution in [0.15, 0.2) is 91.3 Å². The van der Waals surface area contributed by atoms with Gasteiger partial charge in [0.15, 0.2) is 5.96 Å². The molecule has 1 fully saturated rings. The molecule has 780 valence electrons. The molecule has 0 aliphatic carbocycles. The summed E-state index contributed by atoms with van der Waals surface area (Å²) in [6.45, 7) is 19.6. The van der Waals surface area contributed by atoms with Crippen LogP contribution in [0.25, 0.3) is 21.8 Å². The third-order valence-corrected chi connectivity index (χ3v) is 24.3. The SMILES string of the molecule is CC[C@H](C)[C@H](NC(=O)[C@H](C)NC(=O)CNC(=O)[C@@H](NC(=O)[C@H](Cc1c[nH]c2ccccc12)NC(=O)CNC(=O)[C@H](CC(C)C)NC(=O)[C@H](Cc1ccccc1)NC(=O)[C@H](C)N)[C@@H](C)CC)C(=O)N[C@H](C(=O)N[C@@H](CO)C(=O)N[C@H](C(=O)N[C@@H](C)C(=O)N[C@@H](CC(C)C)C(=O)N1CCC[C@H]1C(=O)N[C@@H](CCC(N)=O)C(=O)N[C@@H](Cc1c[nH]c2ccccc12)C(=O)N[C@@H](CCCNC(=N)N)C(=O)O)[C@@H](C)O)C(C)C. The van der Waals surface area contributed by atoms with E-state index in [1.54, 1.807) is 133 Å². The molecular weight excluding hydrogens is 1840 g/mol. The van der Waals surface area contributed by atoms with E-state index in [4.69, 9.17) is 22.6 Å².